The van der Waals surface area contributed by atoms with Crippen molar-refractivity contribution in [2.45, 2.75) is 32.0 Å². The molecule has 0 aliphatic heterocycles. The van der Waals surface area contributed by atoms with Crippen LogP contribution in [0.3, 0.4) is 0 Å². The number of amides is 2. The van der Waals surface area contributed by atoms with Crippen LogP contribution in [0.2, 0.25) is 0 Å². The van der Waals surface area contributed by atoms with E-state index in [0.29, 0.717) is 16.9 Å². The molecule has 5 aromatic rings. The van der Waals surface area contributed by atoms with E-state index in [1.165, 1.54) is 48.7 Å². The Bertz CT molecular complexity index is 1890. The largest absolute Gasteiger partial charge is 0.483 e. The van der Waals surface area contributed by atoms with Gasteiger partial charge in [-0.1, -0.05) is 24.3 Å². The summed E-state index contributed by atoms with van der Waals surface area (Å²) in [6.07, 6.45) is -2.79. The number of benzene rings is 3. The summed E-state index contributed by atoms with van der Waals surface area (Å²) in [6.45, 7) is 1.21. The van der Waals surface area contributed by atoms with Crippen molar-refractivity contribution in [1.82, 2.24) is 19.9 Å². The Hall–Kier alpha value is -5.50. The van der Waals surface area contributed by atoms with Crippen LogP contribution in [0.4, 0.5) is 34.9 Å². The molecule has 10 nitrogen and oxygen atoms in total. The average Bonchev–Trinajstić information content (AvgIpc) is 3.41. The fraction of sp³-hybridized carbons (Fsp3) is 0.212. The van der Waals surface area contributed by atoms with Gasteiger partial charge in [0.25, 0.3) is 5.91 Å². The Morgan fingerprint density at radius 3 is 2.28 bits per heavy atom. The Kier molecular flexibility index (Phi) is 9.42. The summed E-state index contributed by atoms with van der Waals surface area (Å²) in [5.41, 5.74) is 2.29. The Labute approximate surface area is 266 Å². The lowest BCUT2D eigenvalue weighted by Gasteiger charge is -2.19. The molecule has 5 rings (SSSR count). The maximum absolute atomic E-state index is 13.1. The van der Waals surface area contributed by atoms with Gasteiger partial charge in [0.2, 0.25) is 11.9 Å². The lowest BCUT2D eigenvalue weighted by atomic mass is 10.1. The van der Waals surface area contributed by atoms with Crippen LogP contribution in [-0.2, 0) is 11.2 Å². The highest BCUT2D eigenvalue weighted by Gasteiger charge is 2.29. The van der Waals surface area contributed by atoms with Crippen LogP contribution in [0.5, 0.6) is 5.75 Å². The highest BCUT2D eigenvalue weighted by Crippen LogP contribution is 2.28. The molecule has 0 saturated heterocycles. The van der Waals surface area contributed by atoms with E-state index in [-0.39, 0.29) is 47.6 Å². The van der Waals surface area contributed by atoms with Crippen LogP contribution in [-0.4, -0.2) is 56.4 Å². The normalized spacial score (nSPS) is 11.7. The second-order valence-corrected chi connectivity index (χ2v) is 11.3. The van der Waals surface area contributed by atoms with Gasteiger partial charge in [-0.3, -0.25) is 9.59 Å². The van der Waals surface area contributed by atoms with E-state index in [1.54, 1.807) is 36.5 Å². The molecule has 3 aromatic carbocycles. The van der Waals surface area contributed by atoms with E-state index >= 15 is 0 Å². The minimum Gasteiger partial charge on any atom is -0.483 e. The van der Waals surface area contributed by atoms with Crippen LogP contribution in [0.1, 0.15) is 29.8 Å². The number of aliphatic hydroxyl groups is 1. The molecule has 244 valence electrons. The van der Waals surface area contributed by atoms with Crippen LogP contribution >= 0.6 is 0 Å². The number of rotatable bonds is 11. The van der Waals surface area contributed by atoms with Crippen molar-refractivity contribution in [1.29, 1.82) is 0 Å². The van der Waals surface area contributed by atoms with E-state index in [1.807, 2.05) is 18.2 Å². The number of nitrogens with zero attached hydrogens (tertiary/aromatic N) is 3. The van der Waals surface area contributed by atoms with Gasteiger partial charge in [0.05, 0.1) is 17.6 Å². The Morgan fingerprint density at radius 2 is 1.60 bits per heavy atom. The minimum absolute atomic E-state index is 0.103. The summed E-state index contributed by atoms with van der Waals surface area (Å²) in [5, 5.41) is 22.5. The van der Waals surface area contributed by atoms with Gasteiger partial charge in [-0.25, -0.2) is 8.91 Å². The van der Waals surface area contributed by atoms with Crippen molar-refractivity contribution >= 4 is 34.8 Å². The summed E-state index contributed by atoms with van der Waals surface area (Å²) >= 11 is 0. The molecule has 0 bridgehead atoms. The molecule has 0 spiro atoms. The summed E-state index contributed by atoms with van der Waals surface area (Å²) in [4.78, 5) is 29.4. The zero-order valence-corrected chi connectivity index (χ0v) is 25.2. The van der Waals surface area contributed by atoms with Gasteiger partial charge in [-0.2, -0.15) is 18.2 Å². The van der Waals surface area contributed by atoms with E-state index in [2.05, 4.69) is 26.0 Å². The van der Waals surface area contributed by atoms with Crippen molar-refractivity contribution in [3.05, 3.63) is 102 Å². The number of alkyl halides is 3. The molecule has 2 heterocycles. The minimum atomic E-state index is -4.63. The quantitative estimate of drug-likeness (QED) is 0.131. The molecule has 0 aliphatic rings. The highest BCUT2D eigenvalue weighted by molar-refractivity contribution is 5.97. The van der Waals surface area contributed by atoms with Crippen LogP contribution < -0.4 is 20.7 Å². The van der Waals surface area contributed by atoms with Gasteiger partial charge in [0.15, 0.2) is 12.3 Å². The number of anilines is 3. The predicted molar refractivity (Wildman–Crippen MR) is 167 cm³/mol. The van der Waals surface area contributed by atoms with Crippen molar-refractivity contribution < 1.29 is 37.0 Å². The number of fused-ring (bicyclic) bond motifs is 1. The first-order valence-electron chi connectivity index (χ1n) is 14.3. The molecule has 2 aromatic heterocycles. The molecule has 0 saturated carbocycles. The fourth-order valence-corrected chi connectivity index (χ4v) is 4.43. The number of nitrogens with one attached hydrogen (secondary N) is 3. The number of hydrogen-bond acceptors (Lipinski definition) is 7. The topological polar surface area (TPSA) is 130 Å². The van der Waals surface area contributed by atoms with E-state index in [0.717, 1.165) is 11.1 Å². The zero-order valence-electron chi connectivity index (χ0n) is 25.2. The van der Waals surface area contributed by atoms with Gasteiger partial charge < -0.3 is 25.8 Å². The van der Waals surface area contributed by atoms with Crippen molar-refractivity contribution in [3.63, 3.8) is 0 Å². The molecule has 0 unspecified atom stereocenters. The number of aromatic nitrogens is 3. The first kappa shape index (κ1) is 32.9. The van der Waals surface area contributed by atoms with Crippen molar-refractivity contribution in [2.24, 2.45) is 0 Å². The lowest BCUT2D eigenvalue weighted by Crippen LogP contribution is -2.38. The lowest BCUT2D eigenvalue weighted by molar-refractivity contribution is -0.153. The summed E-state index contributed by atoms with van der Waals surface area (Å²) < 4.78 is 58.4. The summed E-state index contributed by atoms with van der Waals surface area (Å²) in [6, 6.07) is 20.5. The smallest absolute Gasteiger partial charge is 0.422 e. The Balaban J connectivity index is 1.28. The monoisotopic (exact) mass is 650 g/mol. The third-order valence-electron chi connectivity index (χ3n) is 6.67. The molecule has 14 heteroatoms. The Morgan fingerprint density at radius 1 is 0.915 bits per heavy atom. The standard InChI is InChI=1S/C33H30F4N6O4/c1-32(2,46)18-38-30(45)26-13-12-25(16-27(26)47-19-33(35,36)37)40-31-41-28-14-7-22(17-43(28)42-31)21-5-10-24(11-6-21)39-29(44)15-20-3-8-23(34)9-4-20/h3-14,16-17,46H,15,18-19H2,1-2H3,(H,38,45)(H,39,44)(H,40,42). The fourth-order valence-electron chi connectivity index (χ4n) is 4.43. The van der Waals surface area contributed by atoms with E-state index < -0.39 is 24.3 Å². The summed E-state index contributed by atoms with van der Waals surface area (Å²) in [7, 11) is 0. The molecule has 0 radical (unpaired) electrons. The van der Waals surface area contributed by atoms with E-state index in [9.17, 15) is 32.3 Å². The molecule has 2 amide bonds. The zero-order chi connectivity index (χ0) is 33.8. The number of carbonyl (C=O) groups excluding carboxylic acids is 2. The average molecular weight is 651 g/mol. The first-order chi connectivity index (χ1) is 22.2. The van der Waals surface area contributed by atoms with Gasteiger partial charge in [-0.05, 0) is 73.5 Å². The maximum atomic E-state index is 13.1. The third kappa shape index (κ3) is 9.26. The molecule has 47 heavy (non-hydrogen) atoms. The SMILES string of the molecule is CC(C)(O)CNC(=O)c1ccc(Nc2nc3ccc(-c4ccc(NC(=O)Cc5ccc(F)cc5)cc4)cn3n2)cc1OCC(F)(F)F. The van der Waals surface area contributed by atoms with Crippen molar-refractivity contribution in [2.75, 3.05) is 23.8 Å². The summed E-state index contributed by atoms with van der Waals surface area (Å²) in [5.74, 6) is -1.50. The second kappa shape index (κ2) is 13.5. The van der Waals surface area contributed by atoms with Gasteiger partial charge in [0, 0.05) is 35.7 Å². The van der Waals surface area contributed by atoms with Crippen LogP contribution in [0.15, 0.2) is 85.1 Å². The molecule has 0 aliphatic carbocycles. The van der Waals surface area contributed by atoms with Gasteiger partial charge in [-0.15, -0.1) is 5.10 Å². The van der Waals surface area contributed by atoms with Gasteiger partial charge >= 0.3 is 6.18 Å². The molecular weight excluding hydrogens is 620 g/mol. The maximum Gasteiger partial charge on any atom is 0.422 e. The van der Waals surface area contributed by atoms with E-state index in [4.69, 9.17) is 4.74 Å². The molecule has 4 N–H and O–H groups in total. The molecule has 0 atom stereocenters. The number of carbonyl (C=O) groups is 2. The van der Waals surface area contributed by atoms with Crippen LogP contribution in [0.25, 0.3) is 16.8 Å². The third-order valence-corrected chi connectivity index (χ3v) is 6.67. The van der Waals surface area contributed by atoms with Crippen molar-refractivity contribution in [3.8, 4) is 16.9 Å². The number of ether oxygens (including phenoxy) is 1. The number of halogens is 4. The first-order valence-corrected chi connectivity index (χ1v) is 14.3. The molecular formula is C33H30F4N6O4. The van der Waals surface area contributed by atoms with Crippen LogP contribution in [0, 0.1) is 5.82 Å². The van der Waals surface area contributed by atoms with Gasteiger partial charge in [0.1, 0.15) is 11.6 Å². The highest BCUT2D eigenvalue weighted by atomic mass is 19.4. The molecule has 0 fully saturated rings. The second-order valence-electron chi connectivity index (χ2n) is 11.3. The number of hydrogen-bond donors (Lipinski definition) is 4. The number of pyridine rings is 1. The predicted octanol–water partition coefficient (Wildman–Crippen LogP) is 5.90.